The largest absolute Gasteiger partial charge is 1.00 e. The molecule has 0 aliphatic carbocycles. The van der Waals surface area contributed by atoms with Gasteiger partial charge in [0.05, 0.1) is 25.0 Å². The molecule has 1 aliphatic heterocycles. The summed E-state index contributed by atoms with van der Waals surface area (Å²) >= 11 is 2.06. The van der Waals surface area contributed by atoms with Crippen LogP contribution < -0.4 is 17.3 Å². The van der Waals surface area contributed by atoms with Crippen LogP contribution in [0, 0.1) is 0 Å². The number of hydrogen-bond acceptors (Lipinski definition) is 2. The van der Waals surface area contributed by atoms with E-state index in [9.17, 15) is 0 Å². The van der Waals surface area contributed by atoms with Crippen LogP contribution in [0.5, 0.6) is 0 Å². The van der Waals surface area contributed by atoms with Crippen molar-refractivity contribution in [3.8, 4) is 0 Å². The van der Waals surface area contributed by atoms with Crippen LogP contribution in [0.15, 0.2) is 60.7 Å². The molecular weight excluding hydrogens is 326 g/mol. The third-order valence-corrected chi connectivity index (χ3v) is 5.46. The molecule has 1 heterocycles. The molecule has 0 spiro atoms. The van der Waals surface area contributed by atoms with E-state index in [2.05, 4.69) is 72.4 Å². The fraction of sp³-hybridized carbons (Fsp3) is 0.368. The van der Waals surface area contributed by atoms with Gasteiger partial charge in [-0.05, 0) is 11.1 Å². The van der Waals surface area contributed by atoms with Gasteiger partial charge in [0, 0.05) is 5.75 Å². The Morgan fingerprint density at radius 3 is 1.91 bits per heavy atom. The molecule has 1 N–H and O–H groups in total. The molecule has 0 radical (unpaired) electrons. The molecule has 2 nitrogen and oxygen atoms in total. The number of ether oxygens (including phenoxy) is 1. The second-order valence-corrected chi connectivity index (χ2v) is 6.90. The molecule has 2 aromatic carbocycles. The maximum atomic E-state index is 5.44. The zero-order valence-corrected chi connectivity index (χ0v) is 14.9. The van der Waals surface area contributed by atoms with Gasteiger partial charge < -0.3 is 22.0 Å². The number of hydrogen-bond donors (Lipinski definition) is 1. The standard InChI is InChI=1S/C19H23NOS.ClH/c1-3-7-17(8-4-1)19(18-9-5-2-6-10-18)22-16-13-20-11-14-21-15-12-20;/h1-10,19H,11-16H2;1H. The number of quaternary nitrogens is 1. The lowest BCUT2D eigenvalue weighted by molar-refractivity contribution is -0.905. The first-order valence-corrected chi connectivity index (χ1v) is 9.11. The minimum atomic E-state index is 0. The molecule has 4 heteroatoms. The van der Waals surface area contributed by atoms with E-state index in [0.29, 0.717) is 5.25 Å². The molecule has 0 bridgehead atoms. The molecule has 0 atom stereocenters. The van der Waals surface area contributed by atoms with Crippen LogP contribution >= 0.6 is 11.8 Å². The lowest BCUT2D eigenvalue weighted by Gasteiger charge is -2.24. The molecule has 124 valence electrons. The summed E-state index contributed by atoms with van der Waals surface area (Å²) in [5.74, 6) is 1.18. The molecule has 2 aromatic rings. The summed E-state index contributed by atoms with van der Waals surface area (Å²) < 4.78 is 5.44. The molecule has 23 heavy (non-hydrogen) atoms. The van der Waals surface area contributed by atoms with Gasteiger partial charge in [-0.15, -0.1) is 11.8 Å². The summed E-state index contributed by atoms with van der Waals surface area (Å²) in [4.78, 5) is 1.68. The highest BCUT2D eigenvalue weighted by atomic mass is 35.5. The average Bonchev–Trinajstić information content (AvgIpc) is 2.61. The van der Waals surface area contributed by atoms with E-state index >= 15 is 0 Å². The normalized spacial score (nSPS) is 15.3. The minimum absolute atomic E-state index is 0. The van der Waals surface area contributed by atoms with Crippen LogP contribution in [0.3, 0.4) is 0 Å². The van der Waals surface area contributed by atoms with Crippen molar-refractivity contribution >= 4 is 11.8 Å². The number of thioether (sulfide) groups is 1. The van der Waals surface area contributed by atoms with Crippen molar-refractivity contribution in [1.82, 2.24) is 0 Å². The Morgan fingerprint density at radius 2 is 1.39 bits per heavy atom. The maximum Gasteiger partial charge on any atom is 0.101 e. The molecule has 0 amide bonds. The third-order valence-electron chi connectivity index (χ3n) is 4.14. The maximum absolute atomic E-state index is 5.44. The number of rotatable bonds is 6. The smallest absolute Gasteiger partial charge is 0.101 e. The van der Waals surface area contributed by atoms with E-state index in [-0.39, 0.29) is 12.4 Å². The van der Waals surface area contributed by atoms with Crippen molar-refractivity contribution in [3.05, 3.63) is 71.8 Å². The number of morpholine rings is 1. The lowest BCUT2D eigenvalue weighted by atomic mass is 10.0. The van der Waals surface area contributed by atoms with Gasteiger partial charge in [-0.3, -0.25) is 0 Å². The fourth-order valence-electron chi connectivity index (χ4n) is 2.87. The van der Waals surface area contributed by atoms with E-state index in [1.165, 1.54) is 23.4 Å². The van der Waals surface area contributed by atoms with Crippen LogP contribution in [-0.4, -0.2) is 38.6 Å². The monoisotopic (exact) mass is 349 g/mol. The summed E-state index contributed by atoms with van der Waals surface area (Å²) in [6, 6.07) is 21.7. The van der Waals surface area contributed by atoms with E-state index in [1.54, 1.807) is 4.90 Å². The Balaban J connectivity index is 0.00000192. The van der Waals surface area contributed by atoms with Crippen molar-refractivity contribution in [3.63, 3.8) is 0 Å². The van der Waals surface area contributed by atoms with Crippen LogP contribution in [-0.2, 0) is 4.74 Å². The van der Waals surface area contributed by atoms with Crippen molar-refractivity contribution in [1.29, 1.82) is 0 Å². The SMILES string of the molecule is [Cl-].c1ccc(C(SCC[NH+]2CCOCC2)c2ccccc2)cc1. The van der Waals surface area contributed by atoms with Gasteiger partial charge >= 0.3 is 0 Å². The van der Waals surface area contributed by atoms with Gasteiger partial charge in [0.25, 0.3) is 0 Å². The van der Waals surface area contributed by atoms with Gasteiger partial charge in [-0.25, -0.2) is 0 Å². The zero-order chi connectivity index (χ0) is 15.0. The summed E-state index contributed by atoms with van der Waals surface area (Å²) in [5.41, 5.74) is 2.80. The molecule has 1 saturated heterocycles. The summed E-state index contributed by atoms with van der Waals surface area (Å²) in [6.45, 7) is 5.37. The summed E-state index contributed by atoms with van der Waals surface area (Å²) in [6.07, 6.45) is 0. The molecule has 0 aromatic heterocycles. The Kier molecular flexibility index (Phi) is 7.96. The van der Waals surface area contributed by atoms with Crippen LogP contribution in [0.25, 0.3) is 0 Å². The quantitative estimate of drug-likeness (QED) is 0.750. The second-order valence-electron chi connectivity index (χ2n) is 5.68. The first-order chi connectivity index (χ1) is 10.9. The third kappa shape index (κ3) is 5.54. The van der Waals surface area contributed by atoms with Gasteiger partial charge in [-0.2, -0.15) is 0 Å². The van der Waals surface area contributed by atoms with Crippen molar-refractivity contribution in [2.75, 3.05) is 38.6 Å². The van der Waals surface area contributed by atoms with Crippen LogP contribution in [0.1, 0.15) is 16.4 Å². The van der Waals surface area contributed by atoms with Crippen molar-refractivity contribution in [2.24, 2.45) is 0 Å². The zero-order valence-electron chi connectivity index (χ0n) is 13.3. The Labute approximate surface area is 149 Å². The van der Waals surface area contributed by atoms with Crippen LogP contribution in [0.4, 0.5) is 0 Å². The van der Waals surface area contributed by atoms with Gasteiger partial charge in [0.1, 0.15) is 13.1 Å². The molecular formula is C19H24ClNOS. The predicted octanol–water partition coefficient (Wildman–Crippen LogP) is -0.572. The van der Waals surface area contributed by atoms with Gasteiger partial charge in [-0.1, -0.05) is 60.7 Å². The second kappa shape index (κ2) is 9.99. The highest BCUT2D eigenvalue weighted by Gasteiger charge is 2.17. The topological polar surface area (TPSA) is 13.7 Å². The highest BCUT2D eigenvalue weighted by molar-refractivity contribution is 7.99. The number of benzene rings is 2. The minimum Gasteiger partial charge on any atom is -1.00 e. The van der Waals surface area contributed by atoms with E-state index in [0.717, 1.165) is 26.3 Å². The van der Waals surface area contributed by atoms with E-state index < -0.39 is 0 Å². The average molecular weight is 350 g/mol. The van der Waals surface area contributed by atoms with Gasteiger partial charge in [0.15, 0.2) is 0 Å². The van der Waals surface area contributed by atoms with E-state index in [4.69, 9.17) is 4.74 Å². The van der Waals surface area contributed by atoms with Crippen molar-refractivity contribution < 1.29 is 22.0 Å². The highest BCUT2D eigenvalue weighted by Crippen LogP contribution is 2.34. The first kappa shape index (κ1) is 18.3. The molecule has 0 saturated carbocycles. The lowest BCUT2D eigenvalue weighted by Crippen LogP contribution is -3.14. The predicted molar refractivity (Wildman–Crippen MR) is 93.6 cm³/mol. The number of halogens is 1. The van der Waals surface area contributed by atoms with Gasteiger partial charge in [0.2, 0.25) is 0 Å². The summed E-state index contributed by atoms with van der Waals surface area (Å²) in [7, 11) is 0. The summed E-state index contributed by atoms with van der Waals surface area (Å²) in [5, 5.41) is 0.433. The number of nitrogens with one attached hydrogen (secondary N) is 1. The van der Waals surface area contributed by atoms with Crippen molar-refractivity contribution in [2.45, 2.75) is 5.25 Å². The van der Waals surface area contributed by atoms with Crippen LogP contribution in [0.2, 0.25) is 0 Å². The molecule has 0 unspecified atom stereocenters. The molecule has 3 rings (SSSR count). The van der Waals surface area contributed by atoms with E-state index in [1.807, 2.05) is 0 Å². The fourth-order valence-corrected chi connectivity index (χ4v) is 4.21. The Hall–Kier alpha value is -1.00. The Morgan fingerprint density at radius 1 is 0.870 bits per heavy atom. The first-order valence-electron chi connectivity index (χ1n) is 8.06. The molecule has 1 aliphatic rings. The Bertz CT molecular complexity index is 506. The molecule has 1 fully saturated rings.